The Bertz CT molecular complexity index is 482. The zero-order chi connectivity index (χ0) is 14.8. The van der Waals surface area contributed by atoms with Crippen LogP contribution < -0.4 is 4.74 Å². The molecule has 0 fully saturated rings. The van der Waals surface area contributed by atoms with Gasteiger partial charge in [-0.15, -0.1) is 0 Å². The largest absolute Gasteiger partial charge is 0.484 e. The fourth-order valence-electron chi connectivity index (χ4n) is 1.05. The Morgan fingerprint density at radius 2 is 1.89 bits per heavy atom. The molecule has 0 saturated heterocycles. The molecule has 0 heterocycles. The maximum Gasteiger partial charge on any atom is 0.342 e. The second-order valence-corrected chi connectivity index (χ2v) is 3.83. The van der Waals surface area contributed by atoms with E-state index in [0.717, 1.165) is 12.1 Å². The standard InChI is InChI=1S/C11H9F5O3/c1-10(13,14)11(15,16)5-19-8-3-2-6(9(17)18)4-7(8)12/h2-4H,5H2,1H3,(H,17,18). The Morgan fingerprint density at radius 1 is 1.32 bits per heavy atom. The van der Waals surface area contributed by atoms with Crippen LogP contribution in [0.3, 0.4) is 0 Å². The van der Waals surface area contributed by atoms with Crippen molar-refractivity contribution in [1.29, 1.82) is 0 Å². The predicted octanol–water partition coefficient (Wildman–Crippen LogP) is 3.19. The molecular formula is C11H9F5O3. The Labute approximate surface area is 104 Å². The van der Waals surface area contributed by atoms with Crippen LogP contribution in [-0.4, -0.2) is 29.5 Å². The van der Waals surface area contributed by atoms with Crippen LogP contribution in [0.4, 0.5) is 22.0 Å². The van der Waals surface area contributed by atoms with Gasteiger partial charge in [-0.05, 0) is 18.2 Å². The van der Waals surface area contributed by atoms with Gasteiger partial charge in [-0.3, -0.25) is 0 Å². The lowest BCUT2D eigenvalue weighted by molar-refractivity contribution is -0.211. The van der Waals surface area contributed by atoms with Gasteiger partial charge in [0.05, 0.1) is 5.56 Å². The van der Waals surface area contributed by atoms with E-state index in [4.69, 9.17) is 5.11 Å². The van der Waals surface area contributed by atoms with Crippen molar-refractivity contribution in [3.05, 3.63) is 29.6 Å². The van der Waals surface area contributed by atoms with Gasteiger partial charge in [0, 0.05) is 6.92 Å². The molecule has 0 radical (unpaired) electrons. The number of rotatable bonds is 5. The number of aromatic carboxylic acids is 1. The number of carbonyl (C=O) groups is 1. The molecule has 1 aromatic rings. The second-order valence-electron chi connectivity index (χ2n) is 3.83. The molecule has 1 N–H and O–H groups in total. The minimum absolute atomic E-state index is 0.0141. The first-order chi connectivity index (χ1) is 8.54. The molecule has 8 heteroatoms. The number of benzene rings is 1. The summed E-state index contributed by atoms with van der Waals surface area (Å²) in [5.74, 6) is -12.2. The van der Waals surface area contributed by atoms with E-state index in [1.165, 1.54) is 0 Å². The van der Waals surface area contributed by atoms with E-state index in [1.807, 2.05) is 0 Å². The van der Waals surface area contributed by atoms with Crippen molar-refractivity contribution in [3.63, 3.8) is 0 Å². The lowest BCUT2D eigenvalue weighted by Gasteiger charge is -2.23. The van der Waals surface area contributed by atoms with Crippen molar-refractivity contribution in [3.8, 4) is 5.75 Å². The summed E-state index contributed by atoms with van der Waals surface area (Å²) in [7, 11) is 0. The van der Waals surface area contributed by atoms with E-state index in [-0.39, 0.29) is 6.92 Å². The number of ether oxygens (including phenoxy) is 1. The molecule has 0 aliphatic heterocycles. The summed E-state index contributed by atoms with van der Waals surface area (Å²) >= 11 is 0. The zero-order valence-electron chi connectivity index (χ0n) is 9.59. The number of carboxylic acids is 1. The highest BCUT2D eigenvalue weighted by Gasteiger charge is 2.53. The molecule has 0 spiro atoms. The van der Waals surface area contributed by atoms with Gasteiger partial charge in [0.15, 0.2) is 18.2 Å². The highest BCUT2D eigenvalue weighted by molar-refractivity contribution is 5.87. The van der Waals surface area contributed by atoms with Gasteiger partial charge in [-0.2, -0.15) is 8.78 Å². The lowest BCUT2D eigenvalue weighted by Crippen LogP contribution is -2.42. The van der Waals surface area contributed by atoms with E-state index in [0.29, 0.717) is 6.07 Å². The smallest absolute Gasteiger partial charge is 0.342 e. The molecule has 0 aliphatic carbocycles. The molecule has 1 aromatic carbocycles. The summed E-state index contributed by atoms with van der Waals surface area (Å²) in [6, 6.07) is 2.23. The molecule has 106 valence electrons. The van der Waals surface area contributed by atoms with Crippen LogP contribution in [0, 0.1) is 5.82 Å². The van der Waals surface area contributed by atoms with Crippen molar-refractivity contribution in [2.45, 2.75) is 18.8 Å². The second kappa shape index (κ2) is 5.02. The third-order valence-electron chi connectivity index (χ3n) is 2.23. The van der Waals surface area contributed by atoms with E-state index in [1.54, 1.807) is 0 Å². The quantitative estimate of drug-likeness (QED) is 0.845. The van der Waals surface area contributed by atoms with Gasteiger partial charge in [0.2, 0.25) is 0 Å². The molecule has 0 atom stereocenters. The normalized spacial score (nSPS) is 12.3. The first-order valence-corrected chi connectivity index (χ1v) is 4.96. The average molecular weight is 284 g/mol. The van der Waals surface area contributed by atoms with Crippen LogP contribution >= 0.6 is 0 Å². The third-order valence-corrected chi connectivity index (χ3v) is 2.23. The highest BCUT2D eigenvalue weighted by atomic mass is 19.3. The Morgan fingerprint density at radius 3 is 2.32 bits per heavy atom. The van der Waals surface area contributed by atoms with Crippen LogP contribution in [0.15, 0.2) is 18.2 Å². The molecule has 0 bridgehead atoms. The maximum absolute atomic E-state index is 13.3. The summed E-state index contributed by atoms with van der Waals surface area (Å²) in [6.45, 7) is -1.71. The average Bonchev–Trinajstić information content (AvgIpc) is 2.25. The first-order valence-electron chi connectivity index (χ1n) is 4.96. The third kappa shape index (κ3) is 3.55. The fourth-order valence-corrected chi connectivity index (χ4v) is 1.05. The maximum atomic E-state index is 13.3. The first kappa shape index (κ1) is 15.2. The Balaban J connectivity index is 2.82. The summed E-state index contributed by atoms with van der Waals surface area (Å²) < 4.78 is 68.2. The summed E-state index contributed by atoms with van der Waals surface area (Å²) in [6.07, 6.45) is 0. The molecule has 3 nitrogen and oxygen atoms in total. The van der Waals surface area contributed by atoms with E-state index < -0.39 is 41.6 Å². The van der Waals surface area contributed by atoms with Gasteiger partial charge in [-0.25, -0.2) is 18.0 Å². The van der Waals surface area contributed by atoms with Crippen molar-refractivity contribution < 1.29 is 36.6 Å². The molecule has 0 aliphatic rings. The molecule has 1 rings (SSSR count). The Kier molecular flexibility index (Phi) is 4.02. The molecule has 19 heavy (non-hydrogen) atoms. The Hall–Kier alpha value is -1.86. The molecule has 0 amide bonds. The van der Waals surface area contributed by atoms with Crippen LogP contribution in [-0.2, 0) is 0 Å². The van der Waals surface area contributed by atoms with Gasteiger partial charge in [-0.1, -0.05) is 0 Å². The SMILES string of the molecule is CC(F)(F)C(F)(F)COc1ccc(C(=O)O)cc1F. The van der Waals surface area contributed by atoms with E-state index in [2.05, 4.69) is 4.74 Å². The summed E-state index contributed by atoms with van der Waals surface area (Å²) in [5, 5.41) is 8.54. The van der Waals surface area contributed by atoms with Crippen LogP contribution in [0.1, 0.15) is 17.3 Å². The van der Waals surface area contributed by atoms with Gasteiger partial charge in [0.1, 0.15) is 0 Å². The van der Waals surface area contributed by atoms with Crippen LogP contribution in [0.2, 0.25) is 0 Å². The number of hydrogen-bond donors (Lipinski definition) is 1. The van der Waals surface area contributed by atoms with Crippen molar-refractivity contribution in [2.75, 3.05) is 6.61 Å². The van der Waals surface area contributed by atoms with Gasteiger partial charge >= 0.3 is 17.8 Å². The molecule has 0 saturated carbocycles. The topological polar surface area (TPSA) is 46.5 Å². The summed E-state index contributed by atoms with van der Waals surface area (Å²) in [4.78, 5) is 10.5. The van der Waals surface area contributed by atoms with E-state index >= 15 is 0 Å². The summed E-state index contributed by atoms with van der Waals surface area (Å²) in [5.41, 5.74) is -0.419. The molecule has 0 aromatic heterocycles. The fraction of sp³-hybridized carbons (Fsp3) is 0.364. The van der Waals surface area contributed by atoms with E-state index in [9.17, 15) is 26.7 Å². The number of carboxylic acid groups (broad SMARTS) is 1. The number of hydrogen-bond acceptors (Lipinski definition) is 2. The minimum Gasteiger partial charge on any atom is -0.484 e. The van der Waals surface area contributed by atoms with Gasteiger partial charge in [0.25, 0.3) is 0 Å². The van der Waals surface area contributed by atoms with Crippen molar-refractivity contribution in [2.24, 2.45) is 0 Å². The molecular weight excluding hydrogens is 275 g/mol. The monoisotopic (exact) mass is 284 g/mol. The zero-order valence-corrected chi connectivity index (χ0v) is 9.59. The predicted molar refractivity (Wildman–Crippen MR) is 54.4 cm³/mol. The van der Waals surface area contributed by atoms with Crippen LogP contribution in [0.25, 0.3) is 0 Å². The van der Waals surface area contributed by atoms with Crippen molar-refractivity contribution >= 4 is 5.97 Å². The number of alkyl halides is 4. The highest BCUT2D eigenvalue weighted by Crippen LogP contribution is 2.34. The van der Waals surface area contributed by atoms with Gasteiger partial charge < -0.3 is 9.84 Å². The molecule has 0 unspecified atom stereocenters. The van der Waals surface area contributed by atoms with Crippen LogP contribution in [0.5, 0.6) is 5.75 Å². The minimum atomic E-state index is -4.47. The number of halogens is 5. The lowest BCUT2D eigenvalue weighted by atomic mass is 10.2. The van der Waals surface area contributed by atoms with Crippen molar-refractivity contribution in [1.82, 2.24) is 0 Å².